The maximum atomic E-state index is 13.6. The molecule has 0 saturated heterocycles. The Morgan fingerprint density at radius 2 is 2.00 bits per heavy atom. The molecule has 0 spiro atoms. The van der Waals surface area contributed by atoms with Crippen LogP contribution in [0.1, 0.15) is 13.8 Å². The number of ether oxygens (including phenoxy) is 1. The molecule has 1 heterocycles. The predicted octanol–water partition coefficient (Wildman–Crippen LogP) is 1.98. The van der Waals surface area contributed by atoms with Crippen LogP contribution in [0.2, 0.25) is 0 Å². The molecule has 86 valence electrons. The molecule has 1 aliphatic rings. The Morgan fingerprint density at radius 1 is 1.31 bits per heavy atom. The first-order valence-corrected chi connectivity index (χ1v) is 4.92. The lowest BCUT2D eigenvalue weighted by molar-refractivity contribution is -0.119. The number of hydrogen-bond acceptors (Lipinski definition) is 3. The summed E-state index contributed by atoms with van der Waals surface area (Å²) >= 11 is 0. The van der Waals surface area contributed by atoms with Crippen LogP contribution in [0.15, 0.2) is 12.1 Å². The van der Waals surface area contributed by atoms with E-state index in [0.717, 1.165) is 0 Å². The maximum absolute atomic E-state index is 13.6. The van der Waals surface area contributed by atoms with Crippen molar-refractivity contribution in [2.75, 3.05) is 17.7 Å². The van der Waals surface area contributed by atoms with Gasteiger partial charge in [-0.25, -0.2) is 4.39 Å². The highest BCUT2D eigenvalue weighted by Gasteiger charge is 2.35. The summed E-state index contributed by atoms with van der Waals surface area (Å²) in [4.78, 5) is 11.7. The van der Waals surface area contributed by atoms with Crippen molar-refractivity contribution >= 4 is 17.3 Å². The number of rotatable bonds is 1. The number of halogens is 1. The number of hydrogen-bond donors (Lipinski definition) is 2. The molecule has 0 radical (unpaired) electrons. The van der Waals surface area contributed by atoms with E-state index in [1.54, 1.807) is 13.8 Å². The maximum Gasteiger partial charge on any atom is 0.249 e. The van der Waals surface area contributed by atoms with E-state index in [1.807, 2.05) is 0 Å². The van der Waals surface area contributed by atoms with E-state index >= 15 is 0 Å². The third-order valence-electron chi connectivity index (χ3n) is 2.58. The van der Waals surface area contributed by atoms with Crippen LogP contribution in [-0.4, -0.2) is 18.6 Å². The average Bonchev–Trinajstić information content (AvgIpc) is 2.22. The van der Waals surface area contributed by atoms with Gasteiger partial charge in [-0.1, -0.05) is 0 Å². The minimum Gasteiger partial charge on any atom is -0.494 e. The van der Waals surface area contributed by atoms with Gasteiger partial charge in [0.15, 0.2) is 0 Å². The number of carbonyl (C=O) groups excluding carboxylic acids is 1. The Morgan fingerprint density at radius 3 is 2.62 bits per heavy atom. The van der Waals surface area contributed by atoms with E-state index in [4.69, 9.17) is 4.74 Å². The molecule has 0 fully saturated rings. The molecule has 0 bridgehead atoms. The van der Waals surface area contributed by atoms with Gasteiger partial charge in [-0.05, 0) is 26.0 Å². The van der Waals surface area contributed by atoms with E-state index in [2.05, 4.69) is 10.6 Å². The molecule has 1 amide bonds. The van der Waals surface area contributed by atoms with Crippen molar-refractivity contribution in [2.24, 2.45) is 0 Å². The quantitative estimate of drug-likeness (QED) is 0.766. The van der Waals surface area contributed by atoms with E-state index in [1.165, 1.54) is 19.2 Å². The number of amides is 1. The van der Waals surface area contributed by atoms with Gasteiger partial charge in [0.25, 0.3) is 0 Å². The molecule has 0 aromatic heterocycles. The topological polar surface area (TPSA) is 50.4 Å². The molecule has 2 N–H and O–H groups in total. The second-order valence-electron chi connectivity index (χ2n) is 4.20. The van der Waals surface area contributed by atoms with Gasteiger partial charge in [-0.2, -0.15) is 0 Å². The van der Waals surface area contributed by atoms with E-state index in [9.17, 15) is 9.18 Å². The molecular weight excluding hydrogens is 211 g/mol. The van der Waals surface area contributed by atoms with Gasteiger partial charge in [0.2, 0.25) is 5.91 Å². The Balaban J connectivity index is 2.57. The first kappa shape index (κ1) is 10.7. The number of methoxy groups -OCH3 is 1. The molecule has 1 aliphatic heterocycles. The molecular formula is C11H13FN2O2. The van der Waals surface area contributed by atoms with Crippen LogP contribution in [-0.2, 0) is 4.79 Å². The normalized spacial score (nSPS) is 17.1. The van der Waals surface area contributed by atoms with Crippen LogP contribution >= 0.6 is 0 Å². The Bertz CT molecular complexity index is 458. The second-order valence-corrected chi connectivity index (χ2v) is 4.20. The van der Waals surface area contributed by atoms with Crippen molar-refractivity contribution in [1.29, 1.82) is 0 Å². The van der Waals surface area contributed by atoms with Gasteiger partial charge >= 0.3 is 0 Å². The summed E-state index contributed by atoms with van der Waals surface area (Å²) in [6.45, 7) is 3.37. The second kappa shape index (κ2) is 3.37. The van der Waals surface area contributed by atoms with Crippen LogP contribution in [0.3, 0.4) is 0 Å². The van der Waals surface area contributed by atoms with E-state index < -0.39 is 11.4 Å². The zero-order chi connectivity index (χ0) is 11.9. The largest absolute Gasteiger partial charge is 0.494 e. The van der Waals surface area contributed by atoms with Crippen LogP contribution in [0, 0.1) is 5.82 Å². The summed E-state index contributed by atoms with van der Waals surface area (Å²) in [7, 11) is 1.47. The van der Waals surface area contributed by atoms with Crippen molar-refractivity contribution in [1.82, 2.24) is 0 Å². The molecule has 0 aliphatic carbocycles. The Labute approximate surface area is 92.8 Å². The van der Waals surface area contributed by atoms with Gasteiger partial charge in [-0.15, -0.1) is 0 Å². The number of nitrogens with one attached hydrogen (secondary N) is 2. The molecule has 0 saturated carbocycles. The lowest BCUT2D eigenvalue weighted by atomic mass is 9.99. The van der Waals surface area contributed by atoms with Crippen molar-refractivity contribution in [3.05, 3.63) is 17.9 Å². The molecule has 0 atom stereocenters. The average molecular weight is 224 g/mol. The monoisotopic (exact) mass is 224 g/mol. The summed E-state index contributed by atoms with van der Waals surface area (Å²) in [5.41, 5.74) is -0.212. The zero-order valence-electron chi connectivity index (χ0n) is 9.35. The summed E-state index contributed by atoms with van der Waals surface area (Å²) in [6.07, 6.45) is 0. The SMILES string of the molecule is COc1ccc(F)c2c1NC(=O)C(C)(C)N2. The van der Waals surface area contributed by atoms with Gasteiger partial charge in [0, 0.05) is 0 Å². The summed E-state index contributed by atoms with van der Waals surface area (Å²) in [5, 5.41) is 5.51. The van der Waals surface area contributed by atoms with Crippen molar-refractivity contribution in [2.45, 2.75) is 19.4 Å². The fourth-order valence-electron chi connectivity index (χ4n) is 1.61. The van der Waals surface area contributed by atoms with Crippen LogP contribution in [0.25, 0.3) is 0 Å². The zero-order valence-corrected chi connectivity index (χ0v) is 9.35. The fourth-order valence-corrected chi connectivity index (χ4v) is 1.61. The summed E-state index contributed by atoms with van der Waals surface area (Å²) < 4.78 is 18.7. The van der Waals surface area contributed by atoms with Crippen molar-refractivity contribution in [3.63, 3.8) is 0 Å². The highest BCUT2D eigenvalue weighted by molar-refractivity contribution is 6.07. The van der Waals surface area contributed by atoms with E-state index in [-0.39, 0.29) is 11.6 Å². The Kier molecular flexibility index (Phi) is 2.26. The Hall–Kier alpha value is -1.78. The van der Waals surface area contributed by atoms with Crippen LogP contribution in [0.5, 0.6) is 5.75 Å². The minimum atomic E-state index is -0.833. The fraction of sp³-hybridized carbons (Fsp3) is 0.364. The molecule has 1 aromatic rings. The van der Waals surface area contributed by atoms with Crippen molar-refractivity contribution in [3.8, 4) is 5.75 Å². The third-order valence-corrected chi connectivity index (χ3v) is 2.58. The van der Waals surface area contributed by atoms with Gasteiger partial charge < -0.3 is 15.4 Å². The van der Waals surface area contributed by atoms with Gasteiger partial charge in [0.1, 0.15) is 22.8 Å². The number of fused-ring (bicyclic) bond motifs is 1. The highest BCUT2D eigenvalue weighted by atomic mass is 19.1. The minimum absolute atomic E-state index is 0.219. The molecule has 4 nitrogen and oxygen atoms in total. The highest BCUT2D eigenvalue weighted by Crippen LogP contribution is 2.39. The standard InChI is InChI=1S/C11H13FN2O2/c1-11(2)10(15)13-9-7(16-3)5-4-6(12)8(9)14-11/h4-5,14H,1-3H3,(H,13,15). The molecule has 2 rings (SSSR count). The smallest absolute Gasteiger partial charge is 0.249 e. The molecule has 5 heteroatoms. The predicted molar refractivity (Wildman–Crippen MR) is 59.3 cm³/mol. The molecule has 16 heavy (non-hydrogen) atoms. The lowest BCUT2D eigenvalue weighted by Gasteiger charge is -2.33. The number of anilines is 2. The van der Waals surface area contributed by atoms with Crippen molar-refractivity contribution < 1.29 is 13.9 Å². The first-order chi connectivity index (χ1) is 7.45. The number of carbonyl (C=O) groups is 1. The third kappa shape index (κ3) is 1.48. The molecule has 1 aromatic carbocycles. The summed E-state index contributed by atoms with van der Waals surface area (Å²) in [6, 6.07) is 2.78. The number of benzene rings is 1. The summed E-state index contributed by atoms with van der Waals surface area (Å²) in [5.74, 6) is -0.194. The molecule has 0 unspecified atom stereocenters. The van der Waals surface area contributed by atoms with Crippen LogP contribution < -0.4 is 15.4 Å². The lowest BCUT2D eigenvalue weighted by Crippen LogP contribution is -2.47. The van der Waals surface area contributed by atoms with Crippen LogP contribution in [0.4, 0.5) is 15.8 Å². The van der Waals surface area contributed by atoms with Gasteiger partial charge in [0.05, 0.1) is 12.8 Å². The van der Waals surface area contributed by atoms with E-state index in [0.29, 0.717) is 11.4 Å². The van der Waals surface area contributed by atoms with Gasteiger partial charge in [-0.3, -0.25) is 4.79 Å². The first-order valence-electron chi connectivity index (χ1n) is 4.92.